The quantitative estimate of drug-likeness (QED) is 0.805. The molecule has 0 amide bonds. The number of carboxylic acids is 1. The van der Waals surface area contributed by atoms with Gasteiger partial charge in [-0.2, -0.15) is 0 Å². The molecule has 2 N–H and O–H groups in total. The molecule has 4 heteroatoms. The van der Waals surface area contributed by atoms with Crippen molar-refractivity contribution in [1.29, 1.82) is 0 Å². The number of aliphatic hydroxyl groups is 1. The lowest BCUT2D eigenvalue weighted by atomic mass is 9.79. The number of aliphatic carboxylic acids is 1. The van der Waals surface area contributed by atoms with Crippen molar-refractivity contribution < 1.29 is 19.7 Å². The third-order valence-electron chi connectivity index (χ3n) is 3.72. The van der Waals surface area contributed by atoms with E-state index in [1.54, 1.807) is 19.1 Å². The van der Waals surface area contributed by atoms with E-state index in [0.29, 0.717) is 17.7 Å². The second-order valence-corrected chi connectivity index (χ2v) is 5.38. The molecule has 20 heavy (non-hydrogen) atoms. The fraction of sp³-hybridized carbons (Fsp3) is 0.562. The molecule has 112 valence electrons. The molecule has 1 aromatic rings. The molecular weight excluding hydrogens is 256 g/mol. The van der Waals surface area contributed by atoms with E-state index in [1.165, 1.54) is 7.11 Å². The van der Waals surface area contributed by atoms with Crippen LogP contribution in [-0.4, -0.2) is 23.3 Å². The van der Waals surface area contributed by atoms with Gasteiger partial charge in [-0.3, -0.25) is 4.79 Å². The highest BCUT2D eigenvalue weighted by molar-refractivity contribution is 5.72. The van der Waals surface area contributed by atoms with Gasteiger partial charge >= 0.3 is 5.97 Å². The van der Waals surface area contributed by atoms with E-state index in [-0.39, 0.29) is 0 Å². The van der Waals surface area contributed by atoms with Crippen molar-refractivity contribution >= 4 is 5.97 Å². The van der Waals surface area contributed by atoms with Crippen LogP contribution in [0, 0.1) is 12.8 Å². The van der Waals surface area contributed by atoms with Crippen LogP contribution >= 0.6 is 0 Å². The number of benzene rings is 1. The molecular formula is C16H24O4. The highest BCUT2D eigenvalue weighted by Gasteiger charge is 2.40. The molecule has 0 aliphatic heterocycles. The molecule has 0 saturated heterocycles. The van der Waals surface area contributed by atoms with E-state index in [0.717, 1.165) is 18.4 Å². The zero-order valence-electron chi connectivity index (χ0n) is 12.6. The number of aryl methyl sites for hydroxylation is 1. The summed E-state index contributed by atoms with van der Waals surface area (Å²) in [6.07, 6.45) is 2.10. The van der Waals surface area contributed by atoms with Crippen molar-refractivity contribution in [3.8, 4) is 5.75 Å². The maximum Gasteiger partial charge on any atom is 0.309 e. The Bertz CT molecular complexity index is 466. The average Bonchev–Trinajstić information content (AvgIpc) is 2.38. The second kappa shape index (κ2) is 6.75. The molecule has 0 aromatic heterocycles. The second-order valence-electron chi connectivity index (χ2n) is 5.38. The van der Waals surface area contributed by atoms with E-state index in [9.17, 15) is 15.0 Å². The average molecular weight is 280 g/mol. The number of methoxy groups -OCH3 is 1. The molecule has 1 rings (SSSR count). The van der Waals surface area contributed by atoms with Crippen molar-refractivity contribution in [3.63, 3.8) is 0 Å². The van der Waals surface area contributed by atoms with Gasteiger partial charge in [0.1, 0.15) is 11.4 Å². The summed E-state index contributed by atoms with van der Waals surface area (Å²) in [6.45, 7) is 5.46. The summed E-state index contributed by atoms with van der Waals surface area (Å²) in [7, 11) is 1.52. The molecule has 2 atom stereocenters. The summed E-state index contributed by atoms with van der Waals surface area (Å²) in [6, 6.07) is 5.43. The first-order chi connectivity index (χ1) is 9.34. The van der Waals surface area contributed by atoms with E-state index >= 15 is 0 Å². The number of hydrogen-bond donors (Lipinski definition) is 2. The van der Waals surface area contributed by atoms with Crippen LogP contribution in [0.25, 0.3) is 0 Å². The largest absolute Gasteiger partial charge is 0.496 e. The Hall–Kier alpha value is -1.55. The minimum Gasteiger partial charge on any atom is -0.496 e. The first-order valence-electron chi connectivity index (χ1n) is 6.94. The fourth-order valence-corrected chi connectivity index (χ4v) is 2.46. The summed E-state index contributed by atoms with van der Waals surface area (Å²) < 4.78 is 5.27. The van der Waals surface area contributed by atoms with Crippen molar-refractivity contribution in [2.24, 2.45) is 5.92 Å². The van der Waals surface area contributed by atoms with Gasteiger partial charge in [-0.05, 0) is 32.4 Å². The molecule has 0 radical (unpaired) electrons. The summed E-state index contributed by atoms with van der Waals surface area (Å²) in [5.41, 5.74) is 0.0301. The van der Waals surface area contributed by atoms with Crippen LogP contribution in [0.3, 0.4) is 0 Å². The van der Waals surface area contributed by atoms with Gasteiger partial charge in [0.2, 0.25) is 0 Å². The van der Waals surface area contributed by atoms with E-state index in [1.807, 2.05) is 19.9 Å². The summed E-state index contributed by atoms with van der Waals surface area (Å²) in [4.78, 5) is 11.5. The molecule has 0 heterocycles. The van der Waals surface area contributed by atoms with Gasteiger partial charge < -0.3 is 14.9 Å². The van der Waals surface area contributed by atoms with E-state index in [2.05, 4.69) is 0 Å². The monoisotopic (exact) mass is 280 g/mol. The Kier molecular flexibility index (Phi) is 5.57. The van der Waals surface area contributed by atoms with Gasteiger partial charge in [-0.25, -0.2) is 0 Å². The maximum atomic E-state index is 11.5. The van der Waals surface area contributed by atoms with Crippen LogP contribution in [0.2, 0.25) is 0 Å². The van der Waals surface area contributed by atoms with Crippen LogP contribution in [0.5, 0.6) is 5.75 Å². The van der Waals surface area contributed by atoms with Crippen molar-refractivity contribution in [2.75, 3.05) is 7.11 Å². The van der Waals surface area contributed by atoms with Gasteiger partial charge in [0.05, 0.1) is 13.0 Å². The minimum atomic E-state index is -1.46. The lowest BCUT2D eigenvalue weighted by Crippen LogP contribution is -2.37. The lowest BCUT2D eigenvalue weighted by molar-refractivity contribution is -0.152. The molecule has 0 saturated carbocycles. The Labute approximate surface area is 120 Å². The third-order valence-corrected chi connectivity index (χ3v) is 3.72. The normalized spacial score (nSPS) is 15.4. The Morgan fingerprint density at radius 2 is 2.10 bits per heavy atom. The van der Waals surface area contributed by atoms with Crippen LogP contribution in [0.4, 0.5) is 0 Å². The SMILES string of the molecule is CCCCC(C(=O)O)C(C)(O)c1cc(C)ccc1OC. The number of hydrogen-bond acceptors (Lipinski definition) is 3. The zero-order chi connectivity index (χ0) is 15.3. The summed E-state index contributed by atoms with van der Waals surface area (Å²) in [5.74, 6) is -1.31. The fourth-order valence-electron chi connectivity index (χ4n) is 2.46. The predicted molar refractivity (Wildman–Crippen MR) is 78.0 cm³/mol. The molecule has 0 fully saturated rings. The van der Waals surface area contributed by atoms with Crippen molar-refractivity contribution in [3.05, 3.63) is 29.3 Å². The maximum absolute atomic E-state index is 11.5. The van der Waals surface area contributed by atoms with Gasteiger partial charge in [0, 0.05) is 5.56 Å². The van der Waals surface area contributed by atoms with Gasteiger partial charge in [-0.1, -0.05) is 31.4 Å². The van der Waals surface area contributed by atoms with E-state index in [4.69, 9.17) is 4.74 Å². The summed E-state index contributed by atoms with van der Waals surface area (Å²) in [5, 5.41) is 20.2. The molecule has 0 spiro atoms. The highest BCUT2D eigenvalue weighted by atomic mass is 16.5. The Balaban J connectivity index is 3.24. The molecule has 0 aliphatic carbocycles. The number of unbranched alkanes of at least 4 members (excludes halogenated alkanes) is 1. The number of carbonyl (C=O) groups is 1. The van der Waals surface area contributed by atoms with E-state index < -0.39 is 17.5 Å². The number of rotatable bonds is 7. The number of ether oxygens (including phenoxy) is 1. The van der Waals surface area contributed by atoms with Gasteiger partial charge in [0.15, 0.2) is 0 Å². The van der Waals surface area contributed by atoms with Crippen LogP contribution < -0.4 is 4.74 Å². The number of carboxylic acid groups (broad SMARTS) is 1. The lowest BCUT2D eigenvalue weighted by Gasteiger charge is -2.32. The zero-order valence-corrected chi connectivity index (χ0v) is 12.6. The topological polar surface area (TPSA) is 66.8 Å². The Morgan fingerprint density at radius 3 is 2.60 bits per heavy atom. The highest BCUT2D eigenvalue weighted by Crippen LogP contribution is 2.38. The standard InChI is InChI=1S/C16H24O4/c1-5-6-7-12(15(17)18)16(3,19)13-10-11(2)8-9-14(13)20-4/h8-10,12,19H,5-7H2,1-4H3,(H,17,18). The molecule has 4 nitrogen and oxygen atoms in total. The first-order valence-corrected chi connectivity index (χ1v) is 6.94. The Morgan fingerprint density at radius 1 is 1.45 bits per heavy atom. The smallest absolute Gasteiger partial charge is 0.309 e. The van der Waals surface area contributed by atoms with Gasteiger partial charge in [0.25, 0.3) is 0 Å². The minimum absolute atomic E-state index is 0.440. The van der Waals surface area contributed by atoms with Crippen LogP contribution in [0.15, 0.2) is 18.2 Å². The van der Waals surface area contributed by atoms with Crippen LogP contribution in [0.1, 0.15) is 44.2 Å². The molecule has 0 bridgehead atoms. The molecule has 1 aromatic carbocycles. The predicted octanol–water partition coefficient (Wildman–Crippen LogP) is 3.10. The van der Waals surface area contributed by atoms with Crippen molar-refractivity contribution in [2.45, 2.75) is 45.6 Å². The van der Waals surface area contributed by atoms with Gasteiger partial charge in [-0.15, -0.1) is 0 Å². The third kappa shape index (κ3) is 3.51. The molecule has 2 unspecified atom stereocenters. The van der Waals surface area contributed by atoms with Crippen LogP contribution in [-0.2, 0) is 10.4 Å². The first kappa shape index (κ1) is 16.5. The molecule has 0 aliphatic rings. The summed E-state index contributed by atoms with van der Waals surface area (Å²) >= 11 is 0. The van der Waals surface area contributed by atoms with Crippen molar-refractivity contribution in [1.82, 2.24) is 0 Å².